The molecule has 1 aliphatic rings. The molecule has 5 rings (SSSR count). The molecule has 36 heavy (non-hydrogen) atoms. The third-order valence-electron chi connectivity index (χ3n) is 5.84. The first-order chi connectivity index (χ1) is 17.5. The highest BCUT2D eigenvalue weighted by Crippen LogP contribution is 2.44. The third kappa shape index (κ3) is 4.12. The number of aromatic nitrogens is 2. The fourth-order valence-electron chi connectivity index (χ4n) is 4.35. The van der Waals surface area contributed by atoms with Crippen LogP contribution in [0.25, 0.3) is 11.0 Å². The molecule has 2 aromatic carbocycles. The van der Waals surface area contributed by atoms with Gasteiger partial charge in [0.25, 0.3) is 5.91 Å². The van der Waals surface area contributed by atoms with Crippen LogP contribution in [0.1, 0.15) is 59.9 Å². The van der Waals surface area contributed by atoms with Crippen molar-refractivity contribution in [2.45, 2.75) is 39.7 Å². The second-order valence-corrected chi connectivity index (χ2v) is 9.67. The van der Waals surface area contributed by atoms with Gasteiger partial charge in [0.2, 0.25) is 10.9 Å². The molecule has 1 unspecified atom stereocenters. The number of aryl methyl sites for hydroxylation is 1. The van der Waals surface area contributed by atoms with E-state index in [4.69, 9.17) is 25.5 Å². The molecule has 1 aliphatic heterocycles. The van der Waals surface area contributed by atoms with Gasteiger partial charge in [0, 0.05) is 11.4 Å². The van der Waals surface area contributed by atoms with Crippen molar-refractivity contribution in [3.8, 4) is 11.5 Å². The largest absolute Gasteiger partial charge is 0.490 e. The number of hydrogen-bond acceptors (Lipinski definition) is 8. The molecule has 0 bridgehead atoms. The highest BCUT2D eigenvalue weighted by molar-refractivity contribution is 7.15. The molecule has 0 aliphatic carbocycles. The minimum Gasteiger partial charge on any atom is -0.490 e. The Labute approximate surface area is 216 Å². The van der Waals surface area contributed by atoms with Crippen LogP contribution in [0.15, 0.2) is 45.6 Å². The summed E-state index contributed by atoms with van der Waals surface area (Å²) in [6.07, 6.45) is 1.64. The molecular formula is C26H24ClN3O5S. The van der Waals surface area contributed by atoms with E-state index in [1.54, 1.807) is 30.3 Å². The Kier molecular flexibility index (Phi) is 6.68. The number of carbonyl (C=O) groups excluding carboxylic acids is 1. The number of fused-ring (bicyclic) bond motifs is 2. The second kappa shape index (κ2) is 9.91. The zero-order valence-electron chi connectivity index (χ0n) is 20.0. The summed E-state index contributed by atoms with van der Waals surface area (Å²) in [5.41, 5.74) is 0.867. The summed E-state index contributed by atoms with van der Waals surface area (Å²) in [6.45, 7) is 6.72. The van der Waals surface area contributed by atoms with E-state index in [2.05, 4.69) is 17.1 Å². The maximum Gasteiger partial charge on any atom is 0.297 e. The summed E-state index contributed by atoms with van der Waals surface area (Å²) in [4.78, 5) is 29.0. The molecule has 0 spiro atoms. The summed E-state index contributed by atoms with van der Waals surface area (Å²) >= 11 is 7.51. The lowest BCUT2D eigenvalue weighted by Gasteiger charge is -2.23. The highest BCUT2D eigenvalue weighted by Gasteiger charge is 2.45. The zero-order chi connectivity index (χ0) is 25.4. The van der Waals surface area contributed by atoms with Crippen molar-refractivity contribution in [2.24, 2.45) is 0 Å². The molecule has 1 atom stereocenters. The monoisotopic (exact) mass is 525 g/mol. The zero-order valence-corrected chi connectivity index (χ0v) is 21.6. The van der Waals surface area contributed by atoms with Crippen LogP contribution in [0.4, 0.5) is 5.13 Å². The summed E-state index contributed by atoms with van der Waals surface area (Å²) in [7, 11) is 0. The summed E-state index contributed by atoms with van der Waals surface area (Å²) in [5.74, 6) is 0.640. The van der Waals surface area contributed by atoms with Gasteiger partial charge >= 0.3 is 0 Å². The van der Waals surface area contributed by atoms with E-state index < -0.39 is 11.9 Å². The smallest absolute Gasteiger partial charge is 0.297 e. The van der Waals surface area contributed by atoms with Gasteiger partial charge in [-0.15, -0.1) is 10.2 Å². The number of ether oxygens (including phenoxy) is 2. The fraction of sp³-hybridized carbons (Fsp3) is 0.308. The van der Waals surface area contributed by atoms with Gasteiger partial charge in [-0.1, -0.05) is 35.9 Å². The van der Waals surface area contributed by atoms with Crippen LogP contribution in [0.3, 0.4) is 0 Å². The summed E-state index contributed by atoms with van der Waals surface area (Å²) in [6, 6.07) is 9.39. The number of hydrogen-bond donors (Lipinski definition) is 0. The van der Waals surface area contributed by atoms with Crippen LogP contribution in [-0.4, -0.2) is 29.3 Å². The van der Waals surface area contributed by atoms with Crippen molar-refractivity contribution in [1.82, 2.24) is 10.2 Å². The Balaban J connectivity index is 1.75. The third-order valence-corrected chi connectivity index (χ3v) is 7.06. The molecule has 10 heteroatoms. The molecule has 1 amide bonds. The van der Waals surface area contributed by atoms with E-state index in [-0.39, 0.29) is 16.8 Å². The summed E-state index contributed by atoms with van der Waals surface area (Å²) in [5, 5.41) is 10.5. The number of amides is 1. The maximum absolute atomic E-state index is 13.8. The Morgan fingerprint density at radius 3 is 2.56 bits per heavy atom. The van der Waals surface area contributed by atoms with Crippen LogP contribution in [0.2, 0.25) is 5.02 Å². The first-order valence-corrected chi connectivity index (χ1v) is 13.0. The van der Waals surface area contributed by atoms with Crippen LogP contribution >= 0.6 is 22.9 Å². The fourth-order valence-corrected chi connectivity index (χ4v) is 5.49. The molecule has 4 aromatic rings. The molecule has 2 aromatic heterocycles. The molecule has 0 N–H and O–H groups in total. The van der Waals surface area contributed by atoms with E-state index in [0.29, 0.717) is 51.4 Å². The Bertz CT molecular complexity index is 1520. The van der Waals surface area contributed by atoms with Crippen molar-refractivity contribution in [3.05, 3.63) is 73.5 Å². The number of benzene rings is 2. The van der Waals surface area contributed by atoms with Crippen LogP contribution in [0, 0.1) is 0 Å². The van der Waals surface area contributed by atoms with E-state index in [9.17, 15) is 9.59 Å². The van der Waals surface area contributed by atoms with Gasteiger partial charge in [-0.05, 0) is 56.2 Å². The van der Waals surface area contributed by atoms with Crippen LogP contribution in [0.5, 0.6) is 11.5 Å². The maximum atomic E-state index is 13.8. The quantitative estimate of drug-likeness (QED) is 0.287. The first kappa shape index (κ1) is 24.3. The molecule has 3 heterocycles. The molecule has 0 saturated heterocycles. The average Bonchev–Trinajstić information content (AvgIpc) is 3.43. The minimum atomic E-state index is -0.788. The van der Waals surface area contributed by atoms with E-state index in [1.165, 1.54) is 16.2 Å². The van der Waals surface area contributed by atoms with Gasteiger partial charge in [-0.25, -0.2) is 0 Å². The lowest BCUT2D eigenvalue weighted by Crippen LogP contribution is -2.29. The van der Waals surface area contributed by atoms with Crippen LogP contribution < -0.4 is 19.8 Å². The molecule has 186 valence electrons. The predicted molar refractivity (Wildman–Crippen MR) is 139 cm³/mol. The number of anilines is 1. The number of rotatable bonds is 8. The first-order valence-electron chi connectivity index (χ1n) is 11.8. The number of halogens is 1. The van der Waals surface area contributed by atoms with Crippen molar-refractivity contribution < 1.29 is 18.7 Å². The Morgan fingerprint density at radius 1 is 1.03 bits per heavy atom. The van der Waals surface area contributed by atoms with Gasteiger partial charge < -0.3 is 13.9 Å². The molecule has 8 nitrogen and oxygen atoms in total. The Hall–Kier alpha value is -3.43. The van der Waals surface area contributed by atoms with Gasteiger partial charge in [-0.2, -0.15) is 0 Å². The SMILES string of the molecule is CCCc1nnc(N2C(=O)c3oc4ccc(Cl)cc4c(=O)c3C2c2ccc(OCC)c(OCC)c2)s1. The second-order valence-electron chi connectivity index (χ2n) is 8.19. The molecule has 0 saturated carbocycles. The highest BCUT2D eigenvalue weighted by atomic mass is 35.5. The molecular weight excluding hydrogens is 502 g/mol. The normalized spacial score (nSPS) is 14.9. The Morgan fingerprint density at radius 2 is 1.81 bits per heavy atom. The van der Waals surface area contributed by atoms with Gasteiger partial charge in [0.1, 0.15) is 10.6 Å². The van der Waals surface area contributed by atoms with E-state index in [0.717, 1.165) is 17.8 Å². The number of nitrogens with zero attached hydrogens (tertiary/aromatic N) is 3. The lowest BCUT2D eigenvalue weighted by atomic mass is 9.98. The standard InChI is InChI=1S/C26H24ClN3O5S/c1-4-7-20-28-29-26(36-20)30-22(14-8-10-18(33-5-2)19(12-14)34-6-3)21-23(31)16-13-15(27)9-11-17(16)35-24(21)25(30)32/h8-13,22H,4-7H2,1-3H3. The molecule has 0 radical (unpaired) electrons. The predicted octanol–water partition coefficient (Wildman–Crippen LogP) is 5.80. The molecule has 0 fully saturated rings. The van der Waals surface area contributed by atoms with Gasteiger partial charge in [0.05, 0.1) is 30.2 Å². The minimum absolute atomic E-state index is 0.0149. The summed E-state index contributed by atoms with van der Waals surface area (Å²) < 4.78 is 17.5. The average molecular weight is 526 g/mol. The lowest BCUT2D eigenvalue weighted by molar-refractivity contribution is 0.0970. The van der Waals surface area contributed by atoms with Crippen LogP contribution in [-0.2, 0) is 6.42 Å². The van der Waals surface area contributed by atoms with Crippen molar-refractivity contribution in [2.75, 3.05) is 18.1 Å². The van der Waals surface area contributed by atoms with E-state index in [1.807, 2.05) is 19.9 Å². The number of carbonyl (C=O) groups is 1. The van der Waals surface area contributed by atoms with Crippen molar-refractivity contribution in [1.29, 1.82) is 0 Å². The topological polar surface area (TPSA) is 94.8 Å². The van der Waals surface area contributed by atoms with Crippen molar-refractivity contribution in [3.63, 3.8) is 0 Å². The van der Waals surface area contributed by atoms with Gasteiger partial charge in [0.15, 0.2) is 16.9 Å². The van der Waals surface area contributed by atoms with E-state index >= 15 is 0 Å². The van der Waals surface area contributed by atoms with Gasteiger partial charge in [-0.3, -0.25) is 14.5 Å². The van der Waals surface area contributed by atoms with Crippen molar-refractivity contribution >= 4 is 44.9 Å².